The smallest absolute Gasteiger partial charge is 0.228 e. The number of nitrogens with zero attached hydrogens (tertiary/aromatic N) is 4. The monoisotopic (exact) mass is 277 g/mol. The Hall–Kier alpha value is -3.22. The van der Waals surface area contributed by atoms with Gasteiger partial charge in [0.2, 0.25) is 5.95 Å². The summed E-state index contributed by atoms with van der Waals surface area (Å²) in [6.45, 7) is 0. The lowest BCUT2D eigenvalue weighted by Crippen LogP contribution is -1.98. The molecule has 0 aliphatic heterocycles. The van der Waals surface area contributed by atoms with Crippen molar-refractivity contribution in [2.75, 3.05) is 5.32 Å². The Bertz CT molecular complexity index is 879. The van der Waals surface area contributed by atoms with Crippen LogP contribution in [0.4, 0.5) is 11.8 Å². The molecule has 3 heterocycles. The van der Waals surface area contributed by atoms with E-state index in [-0.39, 0.29) is 0 Å². The van der Waals surface area contributed by atoms with E-state index in [1.54, 1.807) is 18.7 Å². The van der Waals surface area contributed by atoms with Crippen molar-refractivity contribution in [1.82, 2.24) is 30.1 Å². The molecule has 0 bridgehead atoms. The van der Waals surface area contributed by atoms with Gasteiger partial charge in [-0.1, -0.05) is 6.07 Å². The molecule has 0 saturated heterocycles. The molecule has 102 valence electrons. The van der Waals surface area contributed by atoms with E-state index in [4.69, 9.17) is 0 Å². The van der Waals surface area contributed by atoms with Gasteiger partial charge in [-0.15, -0.1) is 0 Å². The number of rotatable bonds is 3. The first-order valence-corrected chi connectivity index (χ1v) is 6.41. The second kappa shape index (κ2) is 4.71. The largest absolute Gasteiger partial charge is 0.345 e. The van der Waals surface area contributed by atoms with Crippen LogP contribution in [0, 0.1) is 0 Å². The number of aromatic amines is 2. The molecule has 1 aromatic carbocycles. The summed E-state index contributed by atoms with van der Waals surface area (Å²) in [5, 5.41) is 9.75. The number of anilines is 2. The molecule has 4 rings (SSSR count). The number of hydrogen-bond acceptors (Lipinski definition) is 5. The van der Waals surface area contributed by atoms with Crippen molar-refractivity contribution in [2.24, 2.45) is 0 Å². The average Bonchev–Trinajstić information content (AvgIpc) is 3.17. The van der Waals surface area contributed by atoms with E-state index in [0.717, 1.165) is 28.1 Å². The highest BCUT2D eigenvalue weighted by molar-refractivity contribution is 5.80. The molecule has 0 saturated carbocycles. The minimum atomic E-state index is 0.515. The maximum atomic E-state index is 4.50. The molecule has 3 aromatic heterocycles. The summed E-state index contributed by atoms with van der Waals surface area (Å²) < 4.78 is 0. The molecule has 3 N–H and O–H groups in total. The summed E-state index contributed by atoms with van der Waals surface area (Å²) in [5.41, 5.74) is 3.75. The van der Waals surface area contributed by atoms with E-state index in [0.29, 0.717) is 5.95 Å². The third kappa shape index (κ3) is 2.20. The number of fused-ring (bicyclic) bond motifs is 1. The predicted molar refractivity (Wildman–Crippen MR) is 79.0 cm³/mol. The lowest BCUT2D eigenvalue weighted by molar-refractivity contribution is 1.08. The van der Waals surface area contributed by atoms with E-state index in [1.807, 2.05) is 30.3 Å². The predicted octanol–water partition coefficient (Wildman–Crippen LogP) is 2.49. The van der Waals surface area contributed by atoms with Crippen molar-refractivity contribution in [3.8, 4) is 11.3 Å². The van der Waals surface area contributed by atoms with Crippen molar-refractivity contribution in [3.63, 3.8) is 0 Å². The van der Waals surface area contributed by atoms with E-state index in [1.165, 1.54) is 0 Å². The summed E-state index contributed by atoms with van der Waals surface area (Å²) in [4.78, 5) is 16.0. The van der Waals surface area contributed by atoms with E-state index < -0.39 is 0 Å². The molecule has 4 aromatic rings. The molecule has 21 heavy (non-hydrogen) atoms. The molecule has 7 nitrogen and oxygen atoms in total. The Kier molecular flexibility index (Phi) is 2.60. The van der Waals surface area contributed by atoms with E-state index in [9.17, 15) is 0 Å². The summed E-state index contributed by atoms with van der Waals surface area (Å²) in [6.07, 6.45) is 5.07. The molecule has 7 heteroatoms. The van der Waals surface area contributed by atoms with Gasteiger partial charge in [0.25, 0.3) is 0 Å². The fraction of sp³-hybridized carbons (Fsp3) is 0. The minimum absolute atomic E-state index is 0.515. The molecule has 0 radical (unpaired) electrons. The molecule has 0 fully saturated rings. The van der Waals surface area contributed by atoms with Crippen LogP contribution < -0.4 is 5.32 Å². The quantitative estimate of drug-likeness (QED) is 0.534. The summed E-state index contributed by atoms with van der Waals surface area (Å²) in [5.74, 6) is 1.26. The van der Waals surface area contributed by atoms with Gasteiger partial charge in [0.1, 0.15) is 5.82 Å². The third-order valence-corrected chi connectivity index (χ3v) is 3.12. The van der Waals surface area contributed by atoms with Crippen LogP contribution in [0.15, 0.2) is 49.1 Å². The fourth-order valence-corrected chi connectivity index (χ4v) is 2.12. The number of benzene rings is 1. The molecule has 0 aliphatic rings. The highest BCUT2D eigenvalue weighted by Crippen LogP contribution is 2.22. The minimum Gasteiger partial charge on any atom is -0.345 e. The lowest BCUT2D eigenvalue weighted by atomic mass is 10.1. The van der Waals surface area contributed by atoms with Gasteiger partial charge in [-0.2, -0.15) is 5.10 Å². The van der Waals surface area contributed by atoms with E-state index in [2.05, 4.69) is 35.5 Å². The average molecular weight is 277 g/mol. The zero-order valence-corrected chi connectivity index (χ0v) is 10.9. The lowest BCUT2D eigenvalue weighted by Gasteiger charge is -2.05. The van der Waals surface area contributed by atoms with Crippen LogP contribution >= 0.6 is 0 Å². The number of aromatic nitrogens is 6. The van der Waals surface area contributed by atoms with Gasteiger partial charge < -0.3 is 10.3 Å². The standard InChI is InChI=1S/C14H11N7/c1-2-11-12(17-8-16-11)7-9(1)10-3-5-15-14(19-10)20-13-4-6-18-21-13/h1-8H,(H,16,17)(H2,15,18,19,20,21). The van der Waals surface area contributed by atoms with Crippen molar-refractivity contribution in [3.05, 3.63) is 49.1 Å². The first-order valence-electron chi connectivity index (χ1n) is 6.41. The summed E-state index contributed by atoms with van der Waals surface area (Å²) in [6, 6.07) is 9.66. The van der Waals surface area contributed by atoms with Gasteiger partial charge in [-0.3, -0.25) is 5.10 Å². The van der Waals surface area contributed by atoms with Crippen LogP contribution in [0.5, 0.6) is 0 Å². The molecular weight excluding hydrogens is 266 g/mol. The number of nitrogens with one attached hydrogen (secondary N) is 3. The Morgan fingerprint density at radius 2 is 2.00 bits per heavy atom. The second-order valence-corrected chi connectivity index (χ2v) is 4.50. The van der Waals surface area contributed by atoms with Gasteiger partial charge in [0, 0.05) is 17.8 Å². The van der Waals surface area contributed by atoms with Crippen molar-refractivity contribution >= 4 is 22.8 Å². The van der Waals surface area contributed by atoms with Gasteiger partial charge in [-0.05, 0) is 18.2 Å². The zero-order chi connectivity index (χ0) is 14.1. The van der Waals surface area contributed by atoms with Gasteiger partial charge in [0.15, 0.2) is 0 Å². The highest BCUT2D eigenvalue weighted by Gasteiger charge is 2.05. The Morgan fingerprint density at radius 1 is 1.00 bits per heavy atom. The number of imidazole rings is 1. The normalized spacial score (nSPS) is 10.9. The molecular formula is C14H11N7. The first kappa shape index (κ1) is 11.6. The van der Waals surface area contributed by atoms with Crippen LogP contribution in [0.2, 0.25) is 0 Å². The van der Waals surface area contributed by atoms with Crippen LogP contribution in [0.1, 0.15) is 0 Å². The first-order chi connectivity index (χ1) is 10.4. The van der Waals surface area contributed by atoms with Crippen LogP contribution in [-0.4, -0.2) is 30.1 Å². The van der Waals surface area contributed by atoms with Crippen molar-refractivity contribution < 1.29 is 0 Å². The molecule has 0 atom stereocenters. The third-order valence-electron chi connectivity index (χ3n) is 3.12. The zero-order valence-electron chi connectivity index (χ0n) is 10.9. The Morgan fingerprint density at radius 3 is 2.90 bits per heavy atom. The number of hydrogen-bond donors (Lipinski definition) is 3. The topological polar surface area (TPSA) is 95.2 Å². The molecule has 0 spiro atoms. The van der Waals surface area contributed by atoms with Crippen LogP contribution in [0.25, 0.3) is 22.3 Å². The van der Waals surface area contributed by atoms with Crippen LogP contribution in [0.3, 0.4) is 0 Å². The Balaban J connectivity index is 1.71. The van der Waals surface area contributed by atoms with E-state index >= 15 is 0 Å². The van der Waals surface area contributed by atoms with Crippen molar-refractivity contribution in [2.45, 2.75) is 0 Å². The summed E-state index contributed by atoms with van der Waals surface area (Å²) >= 11 is 0. The SMILES string of the molecule is c1cc(Nc2nccc(-c3ccc4nc[nH]c4c3)n2)[nH]n1. The molecule has 0 unspecified atom stereocenters. The fourth-order valence-electron chi connectivity index (χ4n) is 2.12. The van der Waals surface area contributed by atoms with Gasteiger partial charge in [0.05, 0.1) is 29.3 Å². The maximum Gasteiger partial charge on any atom is 0.228 e. The molecule has 0 amide bonds. The Labute approximate surface area is 119 Å². The second-order valence-electron chi connectivity index (χ2n) is 4.50. The van der Waals surface area contributed by atoms with Crippen LogP contribution in [-0.2, 0) is 0 Å². The molecule has 0 aliphatic carbocycles. The highest BCUT2D eigenvalue weighted by atomic mass is 15.2. The van der Waals surface area contributed by atoms with Gasteiger partial charge in [-0.25, -0.2) is 15.0 Å². The van der Waals surface area contributed by atoms with Gasteiger partial charge >= 0.3 is 0 Å². The number of H-pyrrole nitrogens is 2. The summed E-state index contributed by atoms with van der Waals surface area (Å²) in [7, 11) is 0. The van der Waals surface area contributed by atoms with Crippen molar-refractivity contribution in [1.29, 1.82) is 0 Å². The maximum absolute atomic E-state index is 4.50.